The van der Waals surface area contributed by atoms with Crippen LogP contribution in [0.2, 0.25) is 0 Å². The minimum atomic E-state index is -0.204. The number of halogens is 1. The van der Waals surface area contributed by atoms with Gasteiger partial charge in [0.05, 0.1) is 5.52 Å². The summed E-state index contributed by atoms with van der Waals surface area (Å²) >= 11 is 0. The van der Waals surface area contributed by atoms with Gasteiger partial charge in [-0.2, -0.15) is 0 Å². The van der Waals surface area contributed by atoms with Gasteiger partial charge in [0, 0.05) is 44.5 Å². The highest BCUT2D eigenvalue weighted by molar-refractivity contribution is 6.07. The lowest BCUT2D eigenvalue weighted by Gasteiger charge is -2.19. The molecule has 2 nitrogen and oxygen atoms in total. The van der Waals surface area contributed by atoms with E-state index in [0.29, 0.717) is 0 Å². The van der Waals surface area contributed by atoms with Crippen LogP contribution in [0.25, 0.3) is 44.5 Å². The predicted molar refractivity (Wildman–Crippen MR) is 135 cm³/mol. The van der Waals surface area contributed by atoms with Gasteiger partial charge in [0.15, 0.2) is 0 Å². The van der Waals surface area contributed by atoms with Crippen LogP contribution < -0.4 is 0 Å². The lowest BCUT2D eigenvalue weighted by Crippen LogP contribution is -2.07. The van der Waals surface area contributed by atoms with Crippen molar-refractivity contribution in [3.05, 3.63) is 120 Å². The summed E-state index contributed by atoms with van der Waals surface area (Å²) in [5, 5.41) is 3.32. The highest BCUT2D eigenvalue weighted by Crippen LogP contribution is 2.39. The number of nitrogens with zero attached hydrogens (tertiary/aromatic N) is 1. The molecule has 0 spiro atoms. The highest BCUT2D eigenvalue weighted by Gasteiger charge is 2.23. The molecule has 3 heteroatoms. The monoisotopic (exact) mass is 428 g/mol. The minimum Gasteiger partial charge on any atom is -0.355 e. The van der Waals surface area contributed by atoms with E-state index in [1.165, 1.54) is 39.5 Å². The van der Waals surface area contributed by atoms with Crippen LogP contribution in [-0.2, 0) is 6.42 Å². The minimum absolute atomic E-state index is 0.204. The molecule has 1 aliphatic rings. The zero-order chi connectivity index (χ0) is 21.9. The van der Waals surface area contributed by atoms with E-state index in [0.717, 1.165) is 28.2 Å². The van der Waals surface area contributed by atoms with Gasteiger partial charge in [0.2, 0.25) is 0 Å². The predicted octanol–water partition coefficient (Wildman–Crippen LogP) is 7.76. The van der Waals surface area contributed by atoms with Gasteiger partial charge in [0.25, 0.3) is 0 Å². The van der Waals surface area contributed by atoms with Crippen LogP contribution >= 0.6 is 0 Å². The van der Waals surface area contributed by atoms with Crippen LogP contribution in [0.4, 0.5) is 4.39 Å². The normalized spacial score (nSPS) is 15.5. The Kier molecular flexibility index (Phi) is 3.88. The Morgan fingerprint density at radius 1 is 0.758 bits per heavy atom. The second kappa shape index (κ2) is 6.94. The molecule has 0 saturated heterocycles. The Bertz CT molecular complexity index is 1700. The molecule has 6 aromatic rings. The van der Waals surface area contributed by atoms with Crippen LogP contribution in [0.1, 0.15) is 22.7 Å². The number of hydrogen-bond donors (Lipinski definition) is 1. The number of rotatable bonds is 2. The summed E-state index contributed by atoms with van der Waals surface area (Å²) in [7, 11) is 0. The number of aromatic nitrogens is 2. The van der Waals surface area contributed by atoms with Crippen LogP contribution in [0.3, 0.4) is 0 Å². The summed E-state index contributed by atoms with van der Waals surface area (Å²) in [6.07, 6.45) is 5.53. The van der Waals surface area contributed by atoms with E-state index in [2.05, 4.69) is 94.5 Å². The van der Waals surface area contributed by atoms with Crippen molar-refractivity contribution in [1.82, 2.24) is 9.55 Å². The van der Waals surface area contributed by atoms with Crippen molar-refractivity contribution in [3.63, 3.8) is 0 Å². The highest BCUT2D eigenvalue weighted by atomic mass is 19.1. The average Bonchev–Trinajstić information content (AvgIpc) is 3.39. The molecule has 0 radical (unpaired) electrons. The zero-order valence-electron chi connectivity index (χ0n) is 17.9. The van der Waals surface area contributed by atoms with Crippen molar-refractivity contribution in [2.45, 2.75) is 12.3 Å². The summed E-state index contributed by atoms with van der Waals surface area (Å²) in [6.45, 7) is 0. The molecule has 1 aliphatic carbocycles. The zero-order valence-corrected chi connectivity index (χ0v) is 17.9. The Hall–Kier alpha value is -4.11. The van der Waals surface area contributed by atoms with Crippen LogP contribution in [-0.4, -0.2) is 9.55 Å². The van der Waals surface area contributed by atoms with E-state index < -0.39 is 0 Å². The molecule has 33 heavy (non-hydrogen) atoms. The molecule has 2 aromatic heterocycles. The molecule has 4 aromatic carbocycles. The number of fused-ring (bicyclic) bond motifs is 6. The fraction of sp³-hybridized carbons (Fsp3) is 0.0667. The quantitative estimate of drug-likeness (QED) is 0.291. The Morgan fingerprint density at radius 3 is 2.39 bits per heavy atom. The second-order valence-corrected chi connectivity index (χ2v) is 8.84. The van der Waals surface area contributed by atoms with Gasteiger partial charge in [-0.1, -0.05) is 48.5 Å². The molecule has 1 unspecified atom stereocenters. The van der Waals surface area contributed by atoms with Crippen molar-refractivity contribution in [2.24, 2.45) is 0 Å². The molecule has 0 amide bonds. The topological polar surface area (TPSA) is 20.7 Å². The first kappa shape index (κ1) is 18.5. The number of benzene rings is 4. The Morgan fingerprint density at radius 2 is 1.52 bits per heavy atom. The molecule has 0 saturated carbocycles. The molecule has 1 N–H and O–H groups in total. The van der Waals surface area contributed by atoms with Gasteiger partial charge in [-0.3, -0.25) is 0 Å². The number of hydrogen-bond acceptors (Lipinski definition) is 0. The maximum Gasteiger partial charge on any atom is 0.123 e. The molecule has 2 heterocycles. The van der Waals surface area contributed by atoms with Gasteiger partial charge in [0.1, 0.15) is 5.82 Å². The van der Waals surface area contributed by atoms with E-state index in [9.17, 15) is 4.39 Å². The third-order valence-corrected chi connectivity index (χ3v) is 6.96. The van der Waals surface area contributed by atoms with Gasteiger partial charge in [-0.25, -0.2) is 4.39 Å². The molecule has 158 valence electrons. The summed E-state index contributed by atoms with van der Waals surface area (Å²) in [5.41, 5.74) is 8.32. The van der Waals surface area contributed by atoms with Crippen LogP contribution in [0, 0.1) is 5.82 Å². The number of aromatic amines is 1. The summed E-state index contributed by atoms with van der Waals surface area (Å²) in [6, 6.07) is 30.7. The van der Waals surface area contributed by atoms with E-state index in [1.54, 1.807) is 6.07 Å². The molecular weight excluding hydrogens is 407 g/mol. The maximum absolute atomic E-state index is 13.9. The van der Waals surface area contributed by atoms with Crippen molar-refractivity contribution in [2.75, 3.05) is 0 Å². The SMILES string of the molecule is Fc1ccc2[nH]c3ccc(C4C=Cc5c(c6ccccc6n5-c5ccccc5)C4)cc3c2c1. The van der Waals surface area contributed by atoms with Crippen LogP contribution in [0.5, 0.6) is 0 Å². The third-order valence-electron chi connectivity index (χ3n) is 6.96. The maximum atomic E-state index is 13.9. The number of para-hydroxylation sites is 2. The fourth-order valence-electron chi connectivity index (χ4n) is 5.41. The molecule has 0 fully saturated rings. The number of H-pyrrole nitrogens is 1. The molecule has 0 bridgehead atoms. The third kappa shape index (κ3) is 2.79. The first-order chi connectivity index (χ1) is 16.3. The van der Waals surface area contributed by atoms with Crippen molar-refractivity contribution in [1.29, 1.82) is 0 Å². The molecule has 7 rings (SSSR count). The van der Waals surface area contributed by atoms with E-state index >= 15 is 0 Å². The lowest BCUT2D eigenvalue weighted by molar-refractivity contribution is 0.630. The Balaban J connectivity index is 1.37. The first-order valence-electron chi connectivity index (χ1n) is 11.3. The smallest absolute Gasteiger partial charge is 0.123 e. The van der Waals surface area contributed by atoms with Gasteiger partial charge >= 0.3 is 0 Å². The fourth-order valence-corrected chi connectivity index (χ4v) is 5.41. The first-order valence-corrected chi connectivity index (χ1v) is 11.3. The molecular formula is C30H21FN2. The Labute approximate surface area is 190 Å². The number of allylic oxidation sites excluding steroid dienone is 1. The average molecular weight is 429 g/mol. The van der Waals surface area contributed by atoms with Gasteiger partial charge in [-0.05, 0) is 72.2 Å². The lowest BCUT2D eigenvalue weighted by atomic mass is 9.86. The van der Waals surface area contributed by atoms with E-state index in [4.69, 9.17) is 0 Å². The van der Waals surface area contributed by atoms with Crippen molar-refractivity contribution >= 4 is 38.8 Å². The largest absolute Gasteiger partial charge is 0.355 e. The van der Waals surface area contributed by atoms with E-state index in [-0.39, 0.29) is 11.7 Å². The summed E-state index contributed by atoms with van der Waals surface area (Å²) in [4.78, 5) is 3.41. The van der Waals surface area contributed by atoms with Gasteiger partial charge in [-0.15, -0.1) is 0 Å². The molecule has 1 atom stereocenters. The van der Waals surface area contributed by atoms with Crippen LogP contribution in [0.15, 0.2) is 97.1 Å². The standard InChI is InChI=1S/C30H21FN2/c31-21-12-14-28-25(18-21)24-16-19(10-13-27(24)32-28)20-11-15-30-26(17-20)23-8-4-5-9-29(23)33(30)22-6-2-1-3-7-22/h1-16,18,20,32H,17H2. The molecule has 0 aliphatic heterocycles. The van der Waals surface area contributed by atoms with Crippen molar-refractivity contribution in [3.8, 4) is 5.69 Å². The second-order valence-electron chi connectivity index (χ2n) is 8.84. The summed E-state index contributed by atoms with van der Waals surface area (Å²) in [5.74, 6) is 0.0696. The van der Waals surface area contributed by atoms with Crippen molar-refractivity contribution < 1.29 is 4.39 Å². The number of nitrogens with one attached hydrogen (secondary N) is 1. The van der Waals surface area contributed by atoms with Gasteiger partial charge < -0.3 is 9.55 Å². The van der Waals surface area contributed by atoms with E-state index in [1.807, 2.05) is 6.07 Å². The summed E-state index contributed by atoms with van der Waals surface area (Å²) < 4.78 is 16.3.